The van der Waals surface area contributed by atoms with Crippen LogP contribution in [0.5, 0.6) is 0 Å². The van der Waals surface area contributed by atoms with Crippen LogP contribution in [0.3, 0.4) is 0 Å². The Morgan fingerprint density at radius 3 is 1.88 bits per heavy atom. The van der Waals surface area contributed by atoms with E-state index in [4.69, 9.17) is 4.74 Å². The van der Waals surface area contributed by atoms with E-state index in [1.54, 1.807) is 68.4 Å². The second-order valence-corrected chi connectivity index (χ2v) is 9.92. The average Bonchev–Trinajstić information content (AvgIpc) is 2.97. The summed E-state index contributed by atoms with van der Waals surface area (Å²) in [4.78, 5) is 51.6. The molecule has 0 aromatic heterocycles. The van der Waals surface area contributed by atoms with Crippen molar-refractivity contribution in [2.24, 2.45) is 5.92 Å². The molecule has 3 aromatic rings. The van der Waals surface area contributed by atoms with Crippen LogP contribution in [0.4, 0.5) is 18.0 Å². The maximum Gasteiger partial charge on any atom is 0.416 e. The fourth-order valence-electron chi connectivity index (χ4n) is 3.98. The molecular weight excluding hydrogens is 551 g/mol. The van der Waals surface area contributed by atoms with E-state index in [9.17, 15) is 32.3 Å². The molecule has 0 aliphatic carbocycles. The molecule has 0 spiro atoms. The molecule has 0 aliphatic rings. The number of benzene rings is 3. The number of alkyl halides is 3. The number of hydrogen-bond donors (Lipinski definition) is 3. The van der Waals surface area contributed by atoms with Gasteiger partial charge in [-0.2, -0.15) is 13.2 Å². The molecule has 42 heavy (non-hydrogen) atoms. The molecule has 3 rings (SSSR count). The van der Waals surface area contributed by atoms with Gasteiger partial charge < -0.3 is 20.7 Å². The zero-order chi connectivity index (χ0) is 30.7. The minimum atomic E-state index is -4.49. The van der Waals surface area contributed by atoms with E-state index < -0.39 is 53.4 Å². The predicted molar refractivity (Wildman–Crippen MR) is 149 cm³/mol. The number of Topliss-reactive ketones (excluding diaryl/α,β-unsaturated/α-hetero) is 1. The molecule has 0 fully saturated rings. The van der Waals surface area contributed by atoms with Crippen molar-refractivity contribution in [3.05, 3.63) is 107 Å². The maximum atomic E-state index is 13.3. The number of ketones is 1. The Kier molecular flexibility index (Phi) is 11.2. The summed E-state index contributed by atoms with van der Waals surface area (Å²) in [7, 11) is 0. The van der Waals surface area contributed by atoms with Crippen LogP contribution < -0.4 is 16.0 Å². The molecule has 3 amide bonds. The lowest BCUT2D eigenvalue weighted by Gasteiger charge is -2.24. The highest BCUT2D eigenvalue weighted by molar-refractivity contribution is 6.38. The van der Waals surface area contributed by atoms with Gasteiger partial charge in [-0.05, 0) is 34.7 Å². The number of carbonyl (C=O) groups excluding carboxylic acids is 4. The monoisotopic (exact) mass is 583 g/mol. The number of rotatable bonds is 12. The van der Waals surface area contributed by atoms with Gasteiger partial charge in [0, 0.05) is 13.0 Å². The number of hydrogen-bond acceptors (Lipinski definition) is 5. The number of ether oxygens (including phenoxy) is 1. The molecule has 3 N–H and O–H groups in total. The molecule has 3 aromatic carbocycles. The van der Waals surface area contributed by atoms with E-state index in [1.807, 2.05) is 6.07 Å². The SMILES string of the molecule is CC(C)[C@H](NC(=O)[C@H](Cc1ccccc1)NC(=O)OCc1ccccc1)C(=O)C(=O)NCc1ccc(C(F)(F)F)cc1. The fourth-order valence-corrected chi connectivity index (χ4v) is 3.98. The molecule has 0 saturated heterocycles. The largest absolute Gasteiger partial charge is 0.445 e. The van der Waals surface area contributed by atoms with Crippen LogP contribution in [0.1, 0.15) is 36.1 Å². The second kappa shape index (κ2) is 14.8. The first-order valence-corrected chi connectivity index (χ1v) is 13.2. The van der Waals surface area contributed by atoms with Gasteiger partial charge in [0.1, 0.15) is 12.6 Å². The third-order valence-electron chi connectivity index (χ3n) is 6.31. The van der Waals surface area contributed by atoms with E-state index in [0.717, 1.165) is 23.3 Å². The lowest BCUT2D eigenvalue weighted by molar-refractivity contribution is -0.141. The van der Waals surface area contributed by atoms with Crippen molar-refractivity contribution in [3.63, 3.8) is 0 Å². The van der Waals surface area contributed by atoms with E-state index >= 15 is 0 Å². The van der Waals surface area contributed by atoms with Gasteiger partial charge >= 0.3 is 12.3 Å². The van der Waals surface area contributed by atoms with Gasteiger partial charge in [0.25, 0.3) is 5.91 Å². The van der Waals surface area contributed by atoms with Crippen molar-refractivity contribution < 1.29 is 37.1 Å². The summed E-state index contributed by atoms with van der Waals surface area (Å²) >= 11 is 0. The standard InChI is InChI=1S/C31H32F3N3O5/c1-20(2)26(27(38)29(40)35-18-22-13-15-24(16-14-22)31(32,33)34)37-28(39)25(17-21-9-5-3-6-10-21)36-30(41)42-19-23-11-7-4-8-12-23/h3-16,20,25-26H,17-19H2,1-2H3,(H,35,40)(H,36,41)(H,37,39)/t25-,26-/m0/s1. The summed E-state index contributed by atoms with van der Waals surface area (Å²) in [6.45, 7) is 3.07. The van der Waals surface area contributed by atoms with Crippen LogP contribution >= 0.6 is 0 Å². The Morgan fingerprint density at radius 1 is 0.762 bits per heavy atom. The number of nitrogens with one attached hydrogen (secondary N) is 3. The molecule has 0 radical (unpaired) electrons. The molecule has 0 bridgehead atoms. The van der Waals surface area contributed by atoms with E-state index in [2.05, 4.69) is 16.0 Å². The number of carbonyl (C=O) groups is 4. The van der Waals surface area contributed by atoms with E-state index in [1.165, 1.54) is 12.1 Å². The van der Waals surface area contributed by atoms with Gasteiger partial charge in [-0.25, -0.2) is 4.79 Å². The molecule has 0 unspecified atom stereocenters. The maximum absolute atomic E-state index is 13.3. The Labute approximate surface area is 241 Å². The van der Waals surface area contributed by atoms with Gasteiger partial charge in [-0.15, -0.1) is 0 Å². The van der Waals surface area contributed by atoms with Crippen LogP contribution in [0.25, 0.3) is 0 Å². The third-order valence-corrected chi connectivity index (χ3v) is 6.31. The van der Waals surface area contributed by atoms with Gasteiger partial charge in [0.2, 0.25) is 11.7 Å². The molecule has 0 aliphatic heterocycles. The Balaban J connectivity index is 1.65. The van der Waals surface area contributed by atoms with E-state index in [0.29, 0.717) is 5.56 Å². The topological polar surface area (TPSA) is 114 Å². The van der Waals surface area contributed by atoms with Crippen LogP contribution in [-0.4, -0.2) is 35.8 Å². The Hall–Kier alpha value is -4.67. The highest BCUT2D eigenvalue weighted by atomic mass is 19.4. The summed E-state index contributed by atoms with van der Waals surface area (Å²) in [5, 5.41) is 7.51. The van der Waals surface area contributed by atoms with Crippen molar-refractivity contribution in [1.82, 2.24) is 16.0 Å². The molecule has 222 valence electrons. The molecule has 8 nitrogen and oxygen atoms in total. The summed E-state index contributed by atoms with van der Waals surface area (Å²) in [5.41, 5.74) is 1.02. The van der Waals surface area contributed by atoms with Gasteiger partial charge in [-0.3, -0.25) is 14.4 Å². The van der Waals surface area contributed by atoms with Crippen molar-refractivity contribution >= 4 is 23.7 Å². The molecule has 11 heteroatoms. The van der Waals surface area contributed by atoms with Gasteiger partial charge in [0.15, 0.2) is 0 Å². The fraction of sp³-hybridized carbons (Fsp3) is 0.290. The van der Waals surface area contributed by atoms with Crippen molar-refractivity contribution in [1.29, 1.82) is 0 Å². The van der Waals surface area contributed by atoms with E-state index in [-0.39, 0.29) is 19.6 Å². The van der Waals surface area contributed by atoms with Gasteiger partial charge in [0.05, 0.1) is 11.6 Å². The summed E-state index contributed by atoms with van der Waals surface area (Å²) in [6, 6.07) is 19.7. The predicted octanol–water partition coefficient (Wildman–Crippen LogP) is 4.57. The average molecular weight is 584 g/mol. The number of alkyl carbamates (subject to hydrolysis) is 1. The lowest BCUT2D eigenvalue weighted by atomic mass is 9.97. The minimum absolute atomic E-state index is 0.0153. The lowest BCUT2D eigenvalue weighted by Crippen LogP contribution is -2.56. The van der Waals surface area contributed by atoms with Crippen LogP contribution in [-0.2, 0) is 44.9 Å². The summed E-state index contributed by atoms with van der Waals surface area (Å²) < 4.78 is 43.6. The smallest absolute Gasteiger partial charge is 0.416 e. The normalized spacial score (nSPS) is 12.6. The first-order chi connectivity index (χ1) is 19.9. The third kappa shape index (κ3) is 9.76. The second-order valence-electron chi connectivity index (χ2n) is 9.92. The van der Waals surface area contributed by atoms with Crippen molar-refractivity contribution in [2.45, 2.75) is 51.7 Å². The summed E-state index contributed by atoms with van der Waals surface area (Å²) in [6.07, 6.45) is -5.24. The first kappa shape index (κ1) is 31.9. The molecule has 2 atom stereocenters. The Bertz CT molecular complexity index is 1350. The minimum Gasteiger partial charge on any atom is -0.445 e. The number of halogens is 3. The quantitative estimate of drug-likeness (QED) is 0.271. The zero-order valence-corrected chi connectivity index (χ0v) is 23.1. The summed E-state index contributed by atoms with van der Waals surface area (Å²) in [5.74, 6) is -3.14. The van der Waals surface area contributed by atoms with Gasteiger partial charge in [-0.1, -0.05) is 86.6 Å². The van der Waals surface area contributed by atoms with Crippen molar-refractivity contribution in [2.75, 3.05) is 0 Å². The molecular formula is C31H32F3N3O5. The first-order valence-electron chi connectivity index (χ1n) is 13.2. The van der Waals surface area contributed by atoms with Crippen LogP contribution in [0, 0.1) is 5.92 Å². The molecule has 0 saturated carbocycles. The highest BCUT2D eigenvalue weighted by Gasteiger charge is 2.33. The van der Waals surface area contributed by atoms with Crippen molar-refractivity contribution in [3.8, 4) is 0 Å². The number of amides is 3. The van der Waals surface area contributed by atoms with Crippen LogP contribution in [0.2, 0.25) is 0 Å². The zero-order valence-electron chi connectivity index (χ0n) is 23.1. The van der Waals surface area contributed by atoms with Crippen LogP contribution in [0.15, 0.2) is 84.9 Å². The molecule has 0 heterocycles. The highest BCUT2D eigenvalue weighted by Crippen LogP contribution is 2.29. The Morgan fingerprint density at radius 2 is 1.33 bits per heavy atom.